The Bertz CT molecular complexity index is 1330. The predicted molar refractivity (Wildman–Crippen MR) is 119 cm³/mol. The third-order valence-corrected chi connectivity index (χ3v) is 5.52. The molecule has 0 aliphatic heterocycles. The highest BCUT2D eigenvalue weighted by atomic mass is 79.9. The fourth-order valence-corrected chi connectivity index (χ4v) is 3.83. The maximum Gasteiger partial charge on any atom is 0.205 e. The number of tetrazole rings is 1. The zero-order valence-electron chi connectivity index (χ0n) is 16.3. The quantitative estimate of drug-likeness (QED) is 0.427. The van der Waals surface area contributed by atoms with Gasteiger partial charge in [0.15, 0.2) is 5.65 Å². The van der Waals surface area contributed by atoms with Crippen LogP contribution < -0.4 is 4.90 Å². The lowest BCUT2D eigenvalue weighted by Gasteiger charge is -2.21. The summed E-state index contributed by atoms with van der Waals surface area (Å²) in [4.78, 5) is 6.66. The summed E-state index contributed by atoms with van der Waals surface area (Å²) < 4.78 is 2.70. The highest BCUT2D eigenvalue weighted by Gasteiger charge is 2.15. The van der Waals surface area contributed by atoms with Crippen LogP contribution in [0.25, 0.3) is 28.2 Å². The van der Waals surface area contributed by atoms with Crippen LogP contribution in [0.1, 0.15) is 5.69 Å². The molecule has 3 aromatic heterocycles. The first-order chi connectivity index (χ1) is 14.6. The van der Waals surface area contributed by atoms with Crippen LogP contribution in [0.3, 0.4) is 0 Å². The molecule has 148 valence electrons. The van der Waals surface area contributed by atoms with Crippen LogP contribution in [0.2, 0.25) is 0 Å². The maximum atomic E-state index is 4.57. The van der Waals surface area contributed by atoms with Gasteiger partial charge in [-0.05, 0) is 51.3 Å². The SMILES string of the molecule is Cc1cc(N(C)c2ccc(-c3ccccc3-c3nn[nH]n3)cc2)n2ncc(Br)c2n1. The van der Waals surface area contributed by atoms with Crippen LogP contribution in [0, 0.1) is 6.92 Å². The number of aromatic amines is 1. The summed E-state index contributed by atoms with van der Waals surface area (Å²) >= 11 is 3.52. The Morgan fingerprint density at radius 2 is 1.80 bits per heavy atom. The first kappa shape index (κ1) is 18.4. The average molecular weight is 461 g/mol. The van der Waals surface area contributed by atoms with Crippen molar-refractivity contribution in [3.8, 4) is 22.5 Å². The molecular formula is C21H17BrN8. The summed E-state index contributed by atoms with van der Waals surface area (Å²) in [6.07, 6.45) is 1.76. The molecule has 2 aromatic carbocycles. The lowest BCUT2D eigenvalue weighted by molar-refractivity contribution is 0.881. The summed E-state index contributed by atoms with van der Waals surface area (Å²) in [6, 6.07) is 18.4. The second kappa shape index (κ2) is 7.34. The smallest absolute Gasteiger partial charge is 0.205 e. The minimum Gasteiger partial charge on any atom is -0.329 e. The predicted octanol–water partition coefficient (Wildman–Crippen LogP) is 4.42. The summed E-state index contributed by atoms with van der Waals surface area (Å²) in [7, 11) is 2.02. The Kier molecular flexibility index (Phi) is 4.51. The Hall–Kier alpha value is -3.59. The van der Waals surface area contributed by atoms with E-state index in [0.29, 0.717) is 5.82 Å². The van der Waals surface area contributed by atoms with E-state index in [2.05, 4.69) is 81.9 Å². The van der Waals surface area contributed by atoms with Crippen molar-refractivity contribution in [3.63, 3.8) is 0 Å². The molecule has 0 fully saturated rings. The molecule has 1 N–H and O–H groups in total. The third kappa shape index (κ3) is 3.13. The molecule has 0 atom stereocenters. The number of nitrogens with zero attached hydrogens (tertiary/aromatic N) is 7. The molecular weight excluding hydrogens is 444 g/mol. The number of aromatic nitrogens is 7. The molecule has 5 aromatic rings. The molecule has 5 rings (SSSR count). The first-order valence-electron chi connectivity index (χ1n) is 9.30. The van der Waals surface area contributed by atoms with E-state index in [1.165, 1.54) is 0 Å². The summed E-state index contributed by atoms with van der Waals surface area (Å²) in [5, 5.41) is 18.9. The largest absolute Gasteiger partial charge is 0.329 e. The van der Waals surface area contributed by atoms with Crippen molar-refractivity contribution >= 4 is 33.1 Å². The standard InChI is InChI=1S/C21H17BrN8/c1-13-11-19(30-21(24-13)18(22)12-23-30)29(2)15-9-7-14(8-10-15)16-5-3-4-6-17(16)20-25-27-28-26-20/h3-12H,1-2H3,(H,25,26,27,28). The van der Waals surface area contributed by atoms with Crippen molar-refractivity contribution in [1.29, 1.82) is 0 Å². The molecule has 8 nitrogen and oxygen atoms in total. The molecule has 0 saturated heterocycles. The van der Waals surface area contributed by atoms with Crippen molar-refractivity contribution in [2.75, 3.05) is 11.9 Å². The zero-order chi connectivity index (χ0) is 20.7. The molecule has 3 heterocycles. The molecule has 30 heavy (non-hydrogen) atoms. The molecule has 0 radical (unpaired) electrons. The van der Waals surface area contributed by atoms with Gasteiger partial charge in [0.2, 0.25) is 5.82 Å². The minimum absolute atomic E-state index is 0.575. The van der Waals surface area contributed by atoms with Crippen LogP contribution in [-0.2, 0) is 0 Å². The lowest BCUT2D eigenvalue weighted by Crippen LogP contribution is -2.14. The van der Waals surface area contributed by atoms with Crippen molar-refractivity contribution in [2.24, 2.45) is 0 Å². The Morgan fingerprint density at radius 3 is 2.53 bits per heavy atom. The van der Waals surface area contributed by atoms with Gasteiger partial charge in [-0.1, -0.05) is 36.4 Å². The van der Waals surface area contributed by atoms with Gasteiger partial charge in [0.05, 0.1) is 10.7 Å². The second-order valence-electron chi connectivity index (χ2n) is 6.87. The highest BCUT2D eigenvalue weighted by molar-refractivity contribution is 9.10. The van der Waals surface area contributed by atoms with Crippen LogP contribution in [-0.4, -0.2) is 42.3 Å². The summed E-state index contributed by atoms with van der Waals surface area (Å²) in [6.45, 7) is 1.98. The van der Waals surface area contributed by atoms with Crippen LogP contribution in [0.4, 0.5) is 11.5 Å². The van der Waals surface area contributed by atoms with Crippen molar-refractivity contribution in [1.82, 2.24) is 35.2 Å². The molecule has 9 heteroatoms. The Morgan fingerprint density at radius 1 is 1.03 bits per heavy atom. The van der Waals surface area contributed by atoms with E-state index in [1.54, 1.807) is 6.20 Å². The fourth-order valence-electron chi connectivity index (χ4n) is 3.48. The molecule has 0 amide bonds. The minimum atomic E-state index is 0.575. The Labute approximate surface area is 180 Å². The van der Waals surface area contributed by atoms with Gasteiger partial charge in [-0.15, -0.1) is 10.2 Å². The number of nitrogens with one attached hydrogen (secondary N) is 1. The van der Waals surface area contributed by atoms with E-state index in [0.717, 1.165) is 44.0 Å². The van der Waals surface area contributed by atoms with E-state index >= 15 is 0 Å². The normalized spacial score (nSPS) is 11.2. The van der Waals surface area contributed by atoms with Gasteiger partial charge in [-0.25, -0.2) is 4.98 Å². The summed E-state index contributed by atoms with van der Waals surface area (Å²) in [5.41, 5.74) is 5.81. The topological polar surface area (TPSA) is 87.9 Å². The fraction of sp³-hybridized carbons (Fsp3) is 0.0952. The number of aryl methyl sites for hydroxylation is 1. The van der Waals surface area contributed by atoms with Crippen LogP contribution in [0.15, 0.2) is 65.3 Å². The van der Waals surface area contributed by atoms with E-state index < -0.39 is 0 Å². The van der Waals surface area contributed by atoms with E-state index in [9.17, 15) is 0 Å². The molecule has 0 aliphatic rings. The van der Waals surface area contributed by atoms with Crippen LogP contribution in [0.5, 0.6) is 0 Å². The average Bonchev–Trinajstić information content (AvgIpc) is 3.44. The van der Waals surface area contributed by atoms with Crippen molar-refractivity contribution < 1.29 is 0 Å². The van der Waals surface area contributed by atoms with Gasteiger partial charge in [-0.3, -0.25) is 0 Å². The van der Waals surface area contributed by atoms with E-state index in [1.807, 2.05) is 42.8 Å². The molecule has 0 aliphatic carbocycles. The van der Waals surface area contributed by atoms with Gasteiger partial charge in [0.1, 0.15) is 5.82 Å². The van der Waals surface area contributed by atoms with E-state index in [4.69, 9.17) is 0 Å². The maximum absolute atomic E-state index is 4.57. The van der Waals surface area contributed by atoms with Gasteiger partial charge in [0.25, 0.3) is 0 Å². The highest BCUT2D eigenvalue weighted by Crippen LogP contribution is 2.32. The number of anilines is 2. The number of rotatable bonds is 4. The monoisotopic (exact) mass is 460 g/mol. The van der Waals surface area contributed by atoms with Gasteiger partial charge >= 0.3 is 0 Å². The lowest BCUT2D eigenvalue weighted by atomic mass is 9.99. The van der Waals surface area contributed by atoms with Crippen molar-refractivity contribution in [3.05, 3.63) is 71.0 Å². The second-order valence-corrected chi connectivity index (χ2v) is 7.72. The van der Waals surface area contributed by atoms with Gasteiger partial charge in [0, 0.05) is 30.1 Å². The summed E-state index contributed by atoms with van der Waals surface area (Å²) in [5.74, 6) is 1.51. The molecule has 0 saturated carbocycles. The zero-order valence-corrected chi connectivity index (χ0v) is 17.9. The first-order valence-corrected chi connectivity index (χ1v) is 10.1. The third-order valence-electron chi connectivity index (χ3n) is 4.96. The number of halogens is 1. The number of fused-ring (bicyclic) bond motifs is 1. The number of benzene rings is 2. The number of H-pyrrole nitrogens is 1. The molecule has 0 bridgehead atoms. The Balaban J connectivity index is 1.53. The van der Waals surface area contributed by atoms with E-state index in [-0.39, 0.29) is 0 Å². The number of hydrogen-bond donors (Lipinski definition) is 1. The van der Waals surface area contributed by atoms with Crippen LogP contribution >= 0.6 is 15.9 Å². The molecule has 0 spiro atoms. The van der Waals surface area contributed by atoms with Gasteiger partial charge in [-0.2, -0.15) is 14.8 Å². The number of hydrogen-bond acceptors (Lipinski definition) is 6. The van der Waals surface area contributed by atoms with Crippen molar-refractivity contribution in [2.45, 2.75) is 6.92 Å². The molecule has 0 unspecified atom stereocenters. The van der Waals surface area contributed by atoms with Gasteiger partial charge < -0.3 is 4.90 Å².